The fourth-order valence-corrected chi connectivity index (χ4v) is 1.43. The maximum absolute atomic E-state index is 13.5. The number of carboxylic acids is 1. The van der Waals surface area contributed by atoms with Crippen molar-refractivity contribution in [3.05, 3.63) is 29.3 Å². The zero-order chi connectivity index (χ0) is 13.7. The van der Waals surface area contributed by atoms with E-state index < -0.39 is 23.6 Å². The van der Waals surface area contributed by atoms with E-state index in [4.69, 9.17) is 10.4 Å². The lowest BCUT2D eigenvalue weighted by molar-refractivity contribution is -0.137. The quantitative estimate of drug-likeness (QED) is 0.846. The molecule has 0 aliphatic heterocycles. The van der Waals surface area contributed by atoms with Crippen LogP contribution < -0.4 is 5.32 Å². The van der Waals surface area contributed by atoms with Crippen LogP contribution in [-0.2, 0) is 4.79 Å². The van der Waals surface area contributed by atoms with Crippen molar-refractivity contribution in [2.45, 2.75) is 25.8 Å². The Morgan fingerprint density at radius 1 is 1.50 bits per heavy atom. The number of nitrogens with one attached hydrogen (secondary N) is 1. The van der Waals surface area contributed by atoms with E-state index in [1.165, 1.54) is 0 Å². The summed E-state index contributed by atoms with van der Waals surface area (Å²) >= 11 is 0. The van der Waals surface area contributed by atoms with Crippen LogP contribution in [0.25, 0.3) is 0 Å². The van der Waals surface area contributed by atoms with Crippen LogP contribution in [0.5, 0.6) is 0 Å². The lowest BCUT2D eigenvalue weighted by atomic mass is 10.1. The summed E-state index contributed by atoms with van der Waals surface area (Å²) in [6.45, 7) is 1.63. The summed E-state index contributed by atoms with van der Waals surface area (Å²) in [7, 11) is 0. The van der Waals surface area contributed by atoms with Crippen molar-refractivity contribution >= 4 is 11.7 Å². The van der Waals surface area contributed by atoms with Crippen molar-refractivity contribution in [2.75, 3.05) is 5.32 Å². The second-order valence-electron chi connectivity index (χ2n) is 3.90. The molecule has 0 aliphatic carbocycles. The normalized spacial score (nSPS) is 11.7. The summed E-state index contributed by atoms with van der Waals surface area (Å²) in [6.07, 6.45) is 0.155. The van der Waals surface area contributed by atoms with Crippen LogP contribution in [0.2, 0.25) is 0 Å². The Kier molecular flexibility index (Phi) is 4.60. The fourth-order valence-electron chi connectivity index (χ4n) is 1.43. The summed E-state index contributed by atoms with van der Waals surface area (Å²) in [5, 5.41) is 19.6. The summed E-state index contributed by atoms with van der Waals surface area (Å²) < 4.78 is 27.0. The fraction of sp³-hybridized carbons (Fsp3) is 0.333. The number of carboxylic acid groups (broad SMARTS) is 1. The van der Waals surface area contributed by atoms with Crippen molar-refractivity contribution in [2.24, 2.45) is 0 Å². The predicted octanol–water partition coefficient (Wildman–Crippen LogP) is 2.50. The molecule has 0 aliphatic rings. The number of hydrogen-bond acceptors (Lipinski definition) is 3. The van der Waals surface area contributed by atoms with Crippen molar-refractivity contribution in [3.63, 3.8) is 0 Å². The largest absolute Gasteiger partial charge is 0.481 e. The number of anilines is 1. The average Bonchev–Trinajstić information content (AvgIpc) is 2.30. The summed E-state index contributed by atoms with van der Waals surface area (Å²) in [4.78, 5) is 10.4. The molecule has 0 saturated carbocycles. The topological polar surface area (TPSA) is 73.1 Å². The number of benzene rings is 1. The maximum Gasteiger partial charge on any atom is 0.303 e. The molecular weight excluding hydrogens is 242 g/mol. The molecular formula is C12H12F2N2O2. The first kappa shape index (κ1) is 13.9. The van der Waals surface area contributed by atoms with E-state index in [1.807, 2.05) is 0 Å². The van der Waals surface area contributed by atoms with E-state index >= 15 is 0 Å². The number of aliphatic carboxylic acids is 1. The van der Waals surface area contributed by atoms with Gasteiger partial charge in [0, 0.05) is 12.5 Å². The van der Waals surface area contributed by atoms with Gasteiger partial charge in [-0.05, 0) is 25.5 Å². The van der Waals surface area contributed by atoms with Crippen molar-refractivity contribution in [1.29, 1.82) is 5.26 Å². The van der Waals surface area contributed by atoms with Crippen molar-refractivity contribution < 1.29 is 18.7 Å². The van der Waals surface area contributed by atoms with Gasteiger partial charge < -0.3 is 10.4 Å². The number of hydrogen-bond donors (Lipinski definition) is 2. The van der Waals surface area contributed by atoms with Gasteiger partial charge in [0.1, 0.15) is 5.69 Å². The molecule has 0 bridgehead atoms. The third-order valence-electron chi connectivity index (χ3n) is 2.35. The van der Waals surface area contributed by atoms with E-state index in [0.717, 1.165) is 12.1 Å². The van der Waals surface area contributed by atoms with Crippen LogP contribution >= 0.6 is 0 Å². The highest BCUT2D eigenvalue weighted by Crippen LogP contribution is 2.22. The molecule has 18 heavy (non-hydrogen) atoms. The number of halogens is 2. The monoisotopic (exact) mass is 254 g/mol. The Morgan fingerprint density at radius 2 is 2.06 bits per heavy atom. The minimum absolute atomic E-state index is 0.0896. The molecule has 96 valence electrons. The van der Waals surface area contributed by atoms with Gasteiger partial charge in [0.25, 0.3) is 0 Å². The number of nitriles is 1. The minimum atomic E-state index is -0.968. The Bertz CT molecular complexity index is 474. The summed E-state index contributed by atoms with van der Waals surface area (Å²) in [6, 6.07) is 3.10. The smallest absolute Gasteiger partial charge is 0.303 e. The van der Waals surface area contributed by atoms with Gasteiger partial charge in [0.2, 0.25) is 0 Å². The van der Waals surface area contributed by atoms with Crippen LogP contribution in [0.15, 0.2) is 12.1 Å². The van der Waals surface area contributed by atoms with Crippen molar-refractivity contribution in [3.8, 4) is 6.07 Å². The van der Waals surface area contributed by atoms with E-state index in [2.05, 4.69) is 5.32 Å². The molecule has 1 aromatic carbocycles. The molecule has 0 saturated heterocycles. The highest BCUT2D eigenvalue weighted by atomic mass is 19.1. The van der Waals surface area contributed by atoms with Gasteiger partial charge in [-0.1, -0.05) is 0 Å². The third-order valence-corrected chi connectivity index (χ3v) is 2.35. The van der Waals surface area contributed by atoms with Crippen LogP contribution in [0, 0.1) is 23.0 Å². The van der Waals surface area contributed by atoms with Gasteiger partial charge in [-0.2, -0.15) is 5.26 Å². The summed E-state index contributed by atoms with van der Waals surface area (Å²) in [5.41, 5.74) is -0.444. The van der Waals surface area contributed by atoms with Crippen LogP contribution in [-0.4, -0.2) is 17.1 Å². The Labute approximate surface area is 103 Å². The molecule has 0 fully saturated rings. The van der Waals surface area contributed by atoms with E-state index in [0.29, 0.717) is 0 Å². The van der Waals surface area contributed by atoms with Gasteiger partial charge in [-0.25, -0.2) is 8.78 Å². The molecule has 2 N–H and O–H groups in total. The molecule has 0 aromatic heterocycles. The molecule has 1 rings (SSSR count). The second kappa shape index (κ2) is 5.96. The highest BCUT2D eigenvalue weighted by Gasteiger charge is 2.14. The number of carbonyl (C=O) groups is 1. The first-order valence-corrected chi connectivity index (χ1v) is 5.31. The summed E-state index contributed by atoms with van der Waals surface area (Å²) in [5.74, 6) is -2.70. The zero-order valence-electron chi connectivity index (χ0n) is 9.70. The number of rotatable bonds is 5. The van der Waals surface area contributed by atoms with Crippen LogP contribution in [0.1, 0.15) is 25.3 Å². The molecule has 1 aromatic rings. The predicted molar refractivity (Wildman–Crippen MR) is 61.0 cm³/mol. The number of nitrogens with zero attached hydrogens (tertiary/aromatic N) is 1. The molecule has 1 unspecified atom stereocenters. The minimum Gasteiger partial charge on any atom is -0.481 e. The lowest BCUT2D eigenvalue weighted by Gasteiger charge is -2.15. The SMILES string of the molecule is CC(CCC(=O)O)Nc1c(F)cc(C#N)cc1F. The maximum atomic E-state index is 13.5. The standard InChI is InChI=1S/C12H12F2N2O2/c1-7(2-3-11(17)18)16-12-9(13)4-8(6-15)5-10(12)14/h4-5,7,16H,2-3H2,1H3,(H,17,18). The molecule has 0 radical (unpaired) electrons. The Hall–Kier alpha value is -2.16. The van der Waals surface area contributed by atoms with Crippen LogP contribution in [0.4, 0.5) is 14.5 Å². The first-order chi connectivity index (χ1) is 8.43. The lowest BCUT2D eigenvalue weighted by Crippen LogP contribution is -2.18. The average molecular weight is 254 g/mol. The van der Waals surface area contributed by atoms with E-state index in [1.54, 1.807) is 13.0 Å². The van der Waals surface area contributed by atoms with Crippen LogP contribution in [0.3, 0.4) is 0 Å². The Morgan fingerprint density at radius 3 is 2.50 bits per heavy atom. The van der Waals surface area contributed by atoms with E-state index in [-0.39, 0.29) is 24.1 Å². The third kappa shape index (κ3) is 3.70. The Balaban J connectivity index is 2.79. The van der Waals surface area contributed by atoms with Gasteiger partial charge >= 0.3 is 5.97 Å². The van der Waals surface area contributed by atoms with Gasteiger partial charge in [0.05, 0.1) is 11.6 Å². The molecule has 0 heterocycles. The molecule has 6 heteroatoms. The van der Waals surface area contributed by atoms with Gasteiger partial charge in [0.15, 0.2) is 11.6 Å². The molecule has 4 nitrogen and oxygen atoms in total. The van der Waals surface area contributed by atoms with Gasteiger partial charge in [-0.3, -0.25) is 4.79 Å². The highest BCUT2D eigenvalue weighted by molar-refractivity contribution is 5.66. The molecule has 1 atom stereocenters. The zero-order valence-corrected chi connectivity index (χ0v) is 9.70. The second-order valence-corrected chi connectivity index (χ2v) is 3.90. The van der Waals surface area contributed by atoms with E-state index in [9.17, 15) is 13.6 Å². The first-order valence-electron chi connectivity index (χ1n) is 5.31. The van der Waals surface area contributed by atoms with Crippen molar-refractivity contribution in [1.82, 2.24) is 0 Å². The molecule has 0 spiro atoms. The molecule has 0 amide bonds. The van der Waals surface area contributed by atoms with Gasteiger partial charge in [-0.15, -0.1) is 0 Å².